The monoisotopic (exact) mass is 446 g/mol. The van der Waals surface area contributed by atoms with E-state index in [4.69, 9.17) is 11.3 Å². The first-order chi connectivity index (χ1) is 16.0. The second-order valence-corrected chi connectivity index (χ2v) is 7.47. The molecule has 8 nitrogen and oxygen atoms in total. The van der Waals surface area contributed by atoms with Crippen molar-refractivity contribution >= 4 is 23.0 Å². The van der Waals surface area contributed by atoms with E-state index in [1.807, 2.05) is 12.1 Å². The van der Waals surface area contributed by atoms with Crippen LogP contribution in [0.4, 0.5) is 26.0 Å². The number of amidine groups is 1. The highest BCUT2D eigenvalue weighted by Gasteiger charge is 2.18. The Balaban J connectivity index is 1.72. The first-order valence-electron chi connectivity index (χ1n) is 10.2. The maximum absolute atomic E-state index is 14.2. The van der Waals surface area contributed by atoms with Crippen LogP contribution in [0.15, 0.2) is 59.0 Å². The lowest BCUT2D eigenvalue weighted by molar-refractivity contribution is 0.512. The predicted octanol–water partition coefficient (Wildman–Crippen LogP) is 4.89. The van der Waals surface area contributed by atoms with E-state index < -0.39 is 11.6 Å². The standard InChI is InChI=1S/C23H20F2N8/c24-18-4-3-5-19(21(18)25)30-23(31-32-28)17-11-16(13-29-22(17)27)14-6-7-20(15(10-14)12-26)33-8-1-2-9-33/h3-7,10-11,13H,1-2,8-9H2,(H2,27,29)(H2,28,30,31). The molecule has 10 heteroatoms. The van der Waals surface area contributed by atoms with Crippen LogP contribution in [0.5, 0.6) is 0 Å². The van der Waals surface area contributed by atoms with Gasteiger partial charge < -0.3 is 16.0 Å². The number of nitrogens with two attached hydrogens (primary N) is 1. The summed E-state index contributed by atoms with van der Waals surface area (Å²) in [6.45, 7) is 1.83. The van der Waals surface area contributed by atoms with E-state index in [0.717, 1.165) is 43.2 Å². The Labute approximate surface area is 188 Å². The van der Waals surface area contributed by atoms with E-state index in [2.05, 4.69) is 31.6 Å². The molecule has 1 saturated heterocycles. The minimum Gasteiger partial charge on any atom is -0.383 e. The van der Waals surface area contributed by atoms with E-state index in [9.17, 15) is 14.0 Å². The van der Waals surface area contributed by atoms with E-state index >= 15 is 0 Å². The van der Waals surface area contributed by atoms with E-state index in [0.29, 0.717) is 11.1 Å². The van der Waals surface area contributed by atoms with Crippen LogP contribution < -0.4 is 16.0 Å². The fraction of sp³-hybridized carbons (Fsp3) is 0.174. The topological polar surface area (TPSA) is 127 Å². The van der Waals surface area contributed by atoms with Crippen LogP contribution in [0.25, 0.3) is 11.1 Å². The first kappa shape index (κ1) is 21.8. The average Bonchev–Trinajstić information content (AvgIpc) is 3.36. The molecule has 0 bridgehead atoms. The number of aromatic nitrogens is 1. The summed E-state index contributed by atoms with van der Waals surface area (Å²) >= 11 is 0. The Bertz CT molecular complexity index is 1280. The molecule has 0 atom stereocenters. The van der Waals surface area contributed by atoms with Gasteiger partial charge in [-0.1, -0.05) is 17.4 Å². The van der Waals surface area contributed by atoms with Gasteiger partial charge in [0.05, 0.1) is 22.5 Å². The van der Waals surface area contributed by atoms with Gasteiger partial charge in [0.25, 0.3) is 0 Å². The van der Waals surface area contributed by atoms with Gasteiger partial charge in [-0.25, -0.2) is 13.8 Å². The third kappa shape index (κ3) is 4.48. The van der Waals surface area contributed by atoms with Gasteiger partial charge in [0.1, 0.15) is 11.9 Å². The smallest absolute Gasteiger partial charge is 0.182 e. The summed E-state index contributed by atoms with van der Waals surface area (Å²) in [6, 6.07) is 13.1. The number of halogens is 2. The molecule has 4 N–H and O–H groups in total. The van der Waals surface area contributed by atoms with Crippen molar-refractivity contribution < 1.29 is 8.78 Å². The van der Waals surface area contributed by atoms with Crippen molar-refractivity contribution in [3.63, 3.8) is 0 Å². The van der Waals surface area contributed by atoms with Gasteiger partial charge in [0.2, 0.25) is 0 Å². The number of pyridine rings is 1. The lowest BCUT2D eigenvalue weighted by Crippen LogP contribution is -2.18. The van der Waals surface area contributed by atoms with Crippen LogP contribution >= 0.6 is 0 Å². The third-order valence-corrected chi connectivity index (χ3v) is 5.43. The highest BCUT2D eigenvalue weighted by Crippen LogP contribution is 2.30. The second kappa shape index (κ2) is 9.40. The molecule has 0 aliphatic carbocycles. The largest absolute Gasteiger partial charge is 0.383 e. The summed E-state index contributed by atoms with van der Waals surface area (Å²) in [7, 11) is 0. The van der Waals surface area contributed by atoms with Crippen molar-refractivity contribution in [2.45, 2.75) is 12.8 Å². The Morgan fingerprint density at radius 3 is 2.67 bits per heavy atom. The van der Waals surface area contributed by atoms with E-state index in [-0.39, 0.29) is 22.9 Å². The molecular weight excluding hydrogens is 426 g/mol. The van der Waals surface area contributed by atoms with Crippen molar-refractivity contribution in [1.82, 2.24) is 4.98 Å². The van der Waals surface area contributed by atoms with Crippen LogP contribution in [-0.2, 0) is 0 Å². The van der Waals surface area contributed by atoms with Crippen molar-refractivity contribution in [3.8, 4) is 17.2 Å². The molecule has 2 aromatic carbocycles. The number of benzene rings is 2. The van der Waals surface area contributed by atoms with Gasteiger partial charge in [-0.2, -0.15) is 10.8 Å². The molecule has 0 radical (unpaired) electrons. The average molecular weight is 446 g/mol. The Hall–Kier alpha value is -4.39. The van der Waals surface area contributed by atoms with Crippen LogP contribution in [0.2, 0.25) is 0 Å². The highest BCUT2D eigenvalue weighted by molar-refractivity contribution is 6.11. The number of rotatable bonds is 5. The minimum atomic E-state index is -1.10. The minimum absolute atomic E-state index is 0.0552. The maximum Gasteiger partial charge on any atom is 0.182 e. The number of nitriles is 1. The van der Waals surface area contributed by atoms with Gasteiger partial charge in [0.15, 0.2) is 17.5 Å². The molecular formula is C23H20F2N8. The molecule has 4 rings (SSSR count). The molecule has 0 saturated carbocycles. The van der Waals surface area contributed by atoms with Gasteiger partial charge in [0, 0.05) is 24.8 Å². The van der Waals surface area contributed by atoms with E-state index in [1.165, 1.54) is 12.1 Å². The van der Waals surface area contributed by atoms with Crippen molar-refractivity contribution in [3.05, 3.63) is 71.4 Å². The summed E-state index contributed by atoms with van der Waals surface area (Å²) in [6.07, 6.45) is 3.74. The number of hydrogen-bond donors (Lipinski definition) is 3. The van der Waals surface area contributed by atoms with Crippen molar-refractivity contribution in [1.29, 1.82) is 10.8 Å². The number of anilines is 3. The summed E-state index contributed by atoms with van der Waals surface area (Å²) in [5.74, 6) is -2.16. The Morgan fingerprint density at radius 1 is 1.15 bits per heavy atom. The molecule has 1 aliphatic heterocycles. The molecule has 33 heavy (non-hydrogen) atoms. The fourth-order valence-electron chi connectivity index (χ4n) is 3.79. The summed E-state index contributed by atoms with van der Waals surface area (Å²) in [4.78, 5) is 6.38. The van der Waals surface area contributed by atoms with Crippen molar-refractivity contribution in [2.24, 2.45) is 10.3 Å². The molecule has 0 amide bonds. The molecule has 0 spiro atoms. The number of nitrogens with zero attached hydrogens (tertiary/aromatic N) is 5. The molecule has 1 fully saturated rings. The molecule has 1 aliphatic rings. The zero-order chi connectivity index (χ0) is 23.4. The summed E-state index contributed by atoms with van der Waals surface area (Å²) < 4.78 is 27.8. The number of hydrogen-bond acceptors (Lipinski definition) is 6. The van der Waals surface area contributed by atoms with Crippen LogP contribution in [-0.4, -0.2) is 23.9 Å². The normalized spacial score (nSPS) is 13.6. The number of nitrogen functional groups attached to an aromatic ring is 1. The summed E-state index contributed by atoms with van der Waals surface area (Å²) in [5, 5.41) is 19.0. The molecule has 1 aromatic heterocycles. The van der Waals surface area contributed by atoms with Gasteiger partial charge in [-0.05, 0) is 48.7 Å². The van der Waals surface area contributed by atoms with Crippen LogP contribution in [0.1, 0.15) is 24.0 Å². The van der Waals surface area contributed by atoms with Crippen molar-refractivity contribution in [2.75, 3.05) is 29.0 Å². The van der Waals surface area contributed by atoms with Crippen LogP contribution in [0, 0.1) is 28.5 Å². The quantitative estimate of drug-likeness (QED) is 0.223. The Morgan fingerprint density at radius 2 is 1.94 bits per heavy atom. The van der Waals surface area contributed by atoms with Gasteiger partial charge in [-0.15, -0.1) is 5.10 Å². The third-order valence-electron chi connectivity index (χ3n) is 5.43. The van der Waals surface area contributed by atoms with Gasteiger partial charge in [-0.3, -0.25) is 0 Å². The number of nitrogens with one attached hydrogen (secondary N) is 2. The zero-order valence-corrected chi connectivity index (χ0v) is 17.5. The molecule has 0 unspecified atom stereocenters. The summed E-state index contributed by atoms with van der Waals surface area (Å²) in [5.41, 5.74) is 16.0. The predicted molar refractivity (Wildman–Crippen MR) is 122 cm³/mol. The highest BCUT2D eigenvalue weighted by atomic mass is 19.2. The SMILES string of the molecule is N#Cc1cc(-c2cnc(N)c(/C(=N/N=N)Nc3cccc(F)c3F)c2)ccc1N1CCCC1. The zero-order valence-electron chi connectivity index (χ0n) is 17.5. The van der Waals surface area contributed by atoms with Crippen LogP contribution in [0.3, 0.4) is 0 Å². The van der Waals surface area contributed by atoms with Gasteiger partial charge >= 0.3 is 0 Å². The first-order valence-corrected chi connectivity index (χ1v) is 10.2. The lowest BCUT2D eigenvalue weighted by Gasteiger charge is -2.19. The van der Waals surface area contributed by atoms with E-state index in [1.54, 1.807) is 18.3 Å². The molecule has 166 valence electrons. The second-order valence-electron chi connectivity index (χ2n) is 7.47. The fourth-order valence-corrected chi connectivity index (χ4v) is 3.79. The maximum atomic E-state index is 14.2. The Kier molecular flexibility index (Phi) is 6.22. The molecule has 2 heterocycles. The lowest BCUT2D eigenvalue weighted by atomic mass is 10.0. The molecule has 3 aromatic rings.